The minimum Gasteiger partial charge on any atom is -0.370 e. The maximum absolute atomic E-state index is 5.89. The Morgan fingerprint density at radius 3 is 2.78 bits per heavy atom. The molecule has 0 spiro atoms. The summed E-state index contributed by atoms with van der Waals surface area (Å²) in [6.07, 6.45) is 4.94. The van der Waals surface area contributed by atoms with Crippen LogP contribution in [0, 0.1) is 5.92 Å². The van der Waals surface area contributed by atoms with Crippen molar-refractivity contribution in [3.05, 3.63) is 35.4 Å². The van der Waals surface area contributed by atoms with E-state index in [1.807, 2.05) is 0 Å². The van der Waals surface area contributed by atoms with E-state index in [0.717, 1.165) is 31.8 Å². The first-order chi connectivity index (χ1) is 11.2. The summed E-state index contributed by atoms with van der Waals surface area (Å²) in [5.74, 6) is 1.43. The lowest BCUT2D eigenvalue weighted by atomic mass is 9.98. The Morgan fingerprint density at radius 2 is 2.04 bits per heavy atom. The summed E-state index contributed by atoms with van der Waals surface area (Å²) in [6.45, 7) is 9.57. The number of nitrogens with two attached hydrogens (primary N) is 1. The average Bonchev–Trinajstić information content (AvgIpc) is 2.56. The smallest absolute Gasteiger partial charge is 0.188 e. The summed E-state index contributed by atoms with van der Waals surface area (Å²) in [5, 5.41) is 3.16. The molecule has 0 aliphatic carbocycles. The van der Waals surface area contributed by atoms with Crippen LogP contribution < -0.4 is 11.1 Å². The van der Waals surface area contributed by atoms with E-state index in [0.29, 0.717) is 12.5 Å². The van der Waals surface area contributed by atoms with Gasteiger partial charge in [-0.2, -0.15) is 0 Å². The van der Waals surface area contributed by atoms with Gasteiger partial charge in [0.15, 0.2) is 5.96 Å². The number of rotatable bonds is 7. The molecule has 1 aromatic carbocycles. The molecule has 1 aliphatic rings. The van der Waals surface area contributed by atoms with Crippen molar-refractivity contribution < 1.29 is 0 Å². The first-order valence-corrected chi connectivity index (χ1v) is 9.01. The zero-order valence-corrected chi connectivity index (χ0v) is 14.7. The highest BCUT2D eigenvalue weighted by molar-refractivity contribution is 5.77. The molecule has 0 radical (unpaired) electrons. The van der Waals surface area contributed by atoms with E-state index in [4.69, 9.17) is 5.73 Å². The maximum Gasteiger partial charge on any atom is 0.188 e. The summed E-state index contributed by atoms with van der Waals surface area (Å²) in [5.41, 5.74) is 8.50. The van der Waals surface area contributed by atoms with Crippen LogP contribution >= 0.6 is 0 Å². The second-order valence-electron chi connectivity index (χ2n) is 6.76. The van der Waals surface area contributed by atoms with Gasteiger partial charge in [0.2, 0.25) is 0 Å². The second kappa shape index (κ2) is 9.56. The molecule has 0 atom stereocenters. The van der Waals surface area contributed by atoms with E-state index in [-0.39, 0.29) is 0 Å². The van der Waals surface area contributed by atoms with E-state index < -0.39 is 0 Å². The van der Waals surface area contributed by atoms with E-state index in [1.54, 1.807) is 0 Å². The van der Waals surface area contributed by atoms with Crippen molar-refractivity contribution in [1.29, 1.82) is 0 Å². The third-order valence-electron chi connectivity index (χ3n) is 4.54. The van der Waals surface area contributed by atoms with Crippen LogP contribution in [0.1, 0.15) is 50.7 Å². The van der Waals surface area contributed by atoms with E-state index >= 15 is 0 Å². The second-order valence-corrected chi connectivity index (χ2v) is 6.76. The molecule has 0 unspecified atom stereocenters. The van der Waals surface area contributed by atoms with Gasteiger partial charge < -0.3 is 11.1 Å². The number of piperidine rings is 1. The minimum absolute atomic E-state index is 0.550. The van der Waals surface area contributed by atoms with Gasteiger partial charge in [-0.3, -0.25) is 4.90 Å². The Kier molecular flexibility index (Phi) is 7.40. The Bertz CT molecular complexity index is 490. The molecule has 0 bridgehead atoms. The normalized spacial score (nSPS) is 17.4. The summed E-state index contributed by atoms with van der Waals surface area (Å²) >= 11 is 0. The van der Waals surface area contributed by atoms with Gasteiger partial charge in [-0.15, -0.1) is 0 Å². The molecule has 1 aromatic rings. The van der Waals surface area contributed by atoms with Crippen molar-refractivity contribution in [1.82, 2.24) is 10.2 Å². The van der Waals surface area contributed by atoms with Crippen LogP contribution in [0.25, 0.3) is 0 Å². The van der Waals surface area contributed by atoms with Crippen molar-refractivity contribution in [3.8, 4) is 0 Å². The molecule has 1 aliphatic heterocycles. The van der Waals surface area contributed by atoms with Crippen molar-refractivity contribution in [2.45, 2.75) is 52.6 Å². The van der Waals surface area contributed by atoms with E-state index in [9.17, 15) is 0 Å². The van der Waals surface area contributed by atoms with Gasteiger partial charge in [0.1, 0.15) is 0 Å². The van der Waals surface area contributed by atoms with E-state index in [2.05, 4.69) is 53.3 Å². The van der Waals surface area contributed by atoms with Gasteiger partial charge in [-0.1, -0.05) is 44.5 Å². The number of nitrogens with zero attached hydrogens (tertiary/aromatic N) is 2. The largest absolute Gasteiger partial charge is 0.370 e. The predicted molar refractivity (Wildman–Crippen MR) is 98.4 cm³/mol. The number of likely N-dealkylation sites (tertiary alicyclic amines) is 1. The minimum atomic E-state index is 0.550. The summed E-state index contributed by atoms with van der Waals surface area (Å²) in [4.78, 5) is 6.99. The van der Waals surface area contributed by atoms with Crippen LogP contribution in [0.4, 0.5) is 0 Å². The molecule has 23 heavy (non-hydrogen) atoms. The fourth-order valence-electron chi connectivity index (χ4n) is 2.93. The molecule has 1 saturated heterocycles. The topological polar surface area (TPSA) is 53.6 Å². The Morgan fingerprint density at radius 1 is 1.30 bits per heavy atom. The number of benzene rings is 1. The fraction of sp³-hybridized carbons (Fsp3) is 0.632. The van der Waals surface area contributed by atoms with Gasteiger partial charge in [-0.05, 0) is 49.4 Å². The molecule has 0 saturated carbocycles. The van der Waals surface area contributed by atoms with Crippen molar-refractivity contribution in [3.63, 3.8) is 0 Å². The van der Waals surface area contributed by atoms with Crippen LogP contribution in [0.3, 0.4) is 0 Å². The molecule has 128 valence electrons. The zero-order chi connectivity index (χ0) is 16.5. The molecular formula is C19H32N4. The van der Waals surface area contributed by atoms with Crippen LogP contribution in [0.5, 0.6) is 0 Å². The first-order valence-electron chi connectivity index (χ1n) is 9.01. The molecule has 1 heterocycles. The highest BCUT2D eigenvalue weighted by atomic mass is 15.1. The third-order valence-corrected chi connectivity index (χ3v) is 4.54. The quantitative estimate of drug-likeness (QED) is 0.462. The van der Waals surface area contributed by atoms with Crippen LogP contribution in [-0.2, 0) is 13.1 Å². The summed E-state index contributed by atoms with van der Waals surface area (Å²) in [6, 6.07) is 8.74. The van der Waals surface area contributed by atoms with Crippen LogP contribution in [-0.4, -0.2) is 30.5 Å². The van der Waals surface area contributed by atoms with Crippen molar-refractivity contribution in [2.24, 2.45) is 16.6 Å². The number of hydrogen-bond donors (Lipinski definition) is 2. The van der Waals surface area contributed by atoms with Crippen molar-refractivity contribution in [2.75, 3.05) is 19.6 Å². The van der Waals surface area contributed by atoms with Crippen LogP contribution in [0.2, 0.25) is 0 Å². The molecule has 4 nitrogen and oxygen atoms in total. The van der Waals surface area contributed by atoms with Crippen LogP contribution in [0.15, 0.2) is 29.3 Å². The average molecular weight is 316 g/mol. The Hall–Kier alpha value is -1.55. The number of hydrogen-bond acceptors (Lipinski definition) is 2. The molecule has 0 amide bonds. The highest BCUT2D eigenvalue weighted by Gasteiger charge is 2.15. The number of nitrogens with one attached hydrogen (secondary N) is 1. The molecule has 4 heteroatoms. The molecular weight excluding hydrogens is 284 g/mol. The predicted octanol–water partition coefficient (Wildman–Crippen LogP) is 3.12. The maximum atomic E-state index is 5.89. The lowest BCUT2D eigenvalue weighted by Gasteiger charge is -2.30. The Balaban J connectivity index is 1.83. The van der Waals surface area contributed by atoms with Gasteiger partial charge in [0.25, 0.3) is 0 Å². The number of unbranched alkanes of at least 4 members (excludes halogenated alkanes) is 1. The standard InChI is InChI=1S/C19H32N4/c1-3-4-10-21-19(20)22-14-17-6-5-7-18(13-17)15-23-11-8-16(2)9-12-23/h5-7,13,16H,3-4,8-12,14-15H2,1-2H3,(H3,20,21,22). The molecule has 3 N–H and O–H groups in total. The van der Waals surface area contributed by atoms with Gasteiger partial charge in [-0.25, -0.2) is 4.99 Å². The summed E-state index contributed by atoms with van der Waals surface area (Å²) < 4.78 is 0. The third kappa shape index (κ3) is 6.61. The number of aliphatic imine (C=N–C) groups is 1. The zero-order valence-electron chi connectivity index (χ0n) is 14.7. The fourth-order valence-corrected chi connectivity index (χ4v) is 2.93. The van der Waals surface area contributed by atoms with Gasteiger partial charge in [0, 0.05) is 13.1 Å². The molecule has 2 rings (SSSR count). The Labute approximate surface area is 141 Å². The van der Waals surface area contributed by atoms with Crippen molar-refractivity contribution >= 4 is 5.96 Å². The molecule has 0 aromatic heterocycles. The SMILES string of the molecule is CCCCNC(N)=NCc1cccc(CN2CCC(C)CC2)c1. The highest BCUT2D eigenvalue weighted by Crippen LogP contribution is 2.18. The number of guanidine groups is 1. The molecule has 1 fully saturated rings. The first kappa shape index (κ1) is 17.8. The lowest BCUT2D eigenvalue weighted by Crippen LogP contribution is -2.32. The monoisotopic (exact) mass is 316 g/mol. The summed E-state index contributed by atoms with van der Waals surface area (Å²) in [7, 11) is 0. The van der Waals surface area contributed by atoms with Gasteiger partial charge >= 0.3 is 0 Å². The lowest BCUT2D eigenvalue weighted by molar-refractivity contribution is 0.185. The van der Waals surface area contributed by atoms with E-state index in [1.165, 1.54) is 37.1 Å². The van der Waals surface area contributed by atoms with Gasteiger partial charge in [0.05, 0.1) is 6.54 Å².